The molecule has 8 nitrogen and oxygen atoms in total. The Labute approximate surface area is 140 Å². The van der Waals surface area contributed by atoms with Gasteiger partial charge in [0, 0.05) is 56.9 Å². The molecule has 8 heteroatoms. The van der Waals surface area contributed by atoms with Crippen molar-refractivity contribution in [2.75, 3.05) is 38.2 Å². The van der Waals surface area contributed by atoms with Gasteiger partial charge in [0.05, 0.1) is 7.11 Å². The van der Waals surface area contributed by atoms with Crippen molar-refractivity contribution < 1.29 is 9.53 Å². The highest BCUT2D eigenvalue weighted by Gasteiger charge is 2.22. The SMILES string of the molecule is COc1ncccc1CNC(=O)N1CCN(c2ncccn2)CC1. The number of ether oxygens (including phenoxy) is 1. The van der Waals surface area contributed by atoms with Crippen molar-refractivity contribution in [2.45, 2.75) is 6.54 Å². The monoisotopic (exact) mass is 328 g/mol. The van der Waals surface area contributed by atoms with Crippen molar-refractivity contribution in [1.82, 2.24) is 25.2 Å². The fourth-order valence-corrected chi connectivity index (χ4v) is 2.59. The van der Waals surface area contributed by atoms with Crippen LogP contribution in [0.5, 0.6) is 5.88 Å². The Bertz CT molecular complexity index is 673. The number of nitrogens with zero attached hydrogens (tertiary/aromatic N) is 5. The fourth-order valence-electron chi connectivity index (χ4n) is 2.59. The number of piperazine rings is 1. The summed E-state index contributed by atoms with van der Waals surface area (Å²) in [5, 5.41) is 2.92. The predicted octanol–water partition coefficient (Wildman–Crippen LogP) is 0.912. The quantitative estimate of drug-likeness (QED) is 0.898. The number of urea groups is 1. The molecule has 3 rings (SSSR count). The van der Waals surface area contributed by atoms with E-state index < -0.39 is 0 Å². The zero-order valence-corrected chi connectivity index (χ0v) is 13.6. The number of hydrogen-bond donors (Lipinski definition) is 1. The lowest BCUT2D eigenvalue weighted by Crippen LogP contribution is -2.52. The van der Waals surface area contributed by atoms with Crippen LogP contribution in [0.3, 0.4) is 0 Å². The summed E-state index contributed by atoms with van der Waals surface area (Å²) in [4.78, 5) is 28.8. The molecule has 2 aromatic heterocycles. The van der Waals surface area contributed by atoms with E-state index >= 15 is 0 Å². The molecule has 1 aliphatic heterocycles. The molecule has 126 valence electrons. The van der Waals surface area contributed by atoms with Crippen LogP contribution in [0.15, 0.2) is 36.8 Å². The van der Waals surface area contributed by atoms with Gasteiger partial charge >= 0.3 is 6.03 Å². The van der Waals surface area contributed by atoms with Crippen LogP contribution in [0.4, 0.5) is 10.7 Å². The van der Waals surface area contributed by atoms with E-state index in [0.29, 0.717) is 44.6 Å². The molecule has 3 heterocycles. The molecule has 2 aromatic rings. The Morgan fingerprint density at radius 2 is 1.83 bits per heavy atom. The molecule has 0 saturated carbocycles. The van der Waals surface area contributed by atoms with Gasteiger partial charge in [-0.2, -0.15) is 0 Å². The highest BCUT2D eigenvalue weighted by molar-refractivity contribution is 5.74. The molecule has 0 aliphatic carbocycles. The first-order valence-electron chi connectivity index (χ1n) is 7.80. The van der Waals surface area contributed by atoms with Crippen molar-refractivity contribution in [2.24, 2.45) is 0 Å². The average Bonchev–Trinajstić information content (AvgIpc) is 2.67. The zero-order chi connectivity index (χ0) is 16.8. The standard InChI is InChI=1S/C16H20N6O2/c1-24-14-13(4-2-5-17-14)12-20-16(23)22-10-8-21(9-11-22)15-18-6-3-7-19-15/h2-7H,8-12H2,1H3,(H,20,23). The first-order chi connectivity index (χ1) is 11.8. The van der Waals surface area contributed by atoms with E-state index in [2.05, 4.69) is 25.2 Å². The molecule has 1 saturated heterocycles. The van der Waals surface area contributed by atoms with Crippen LogP contribution in [-0.2, 0) is 6.54 Å². The lowest BCUT2D eigenvalue weighted by Gasteiger charge is -2.34. The van der Waals surface area contributed by atoms with Gasteiger partial charge in [0.15, 0.2) is 0 Å². The predicted molar refractivity (Wildman–Crippen MR) is 88.8 cm³/mol. The Kier molecular flexibility index (Phi) is 5.05. The molecule has 0 atom stereocenters. The summed E-state index contributed by atoms with van der Waals surface area (Å²) in [6.07, 6.45) is 5.11. The molecule has 0 spiro atoms. The second-order valence-electron chi connectivity index (χ2n) is 5.35. The maximum atomic E-state index is 12.3. The van der Waals surface area contributed by atoms with Crippen LogP contribution in [0.1, 0.15) is 5.56 Å². The molecule has 1 aliphatic rings. The number of pyridine rings is 1. The van der Waals surface area contributed by atoms with Gasteiger partial charge in [0.2, 0.25) is 11.8 Å². The minimum absolute atomic E-state index is 0.0884. The van der Waals surface area contributed by atoms with Crippen LogP contribution in [0, 0.1) is 0 Å². The number of rotatable bonds is 4. The molecule has 0 radical (unpaired) electrons. The lowest BCUT2D eigenvalue weighted by molar-refractivity contribution is 0.193. The van der Waals surface area contributed by atoms with Crippen molar-refractivity contribution >= 4 is 12.0 Å². The summed E-state index contributed by atoms with van der Waals surface area (Å²) in [6, 6.07) is 5.41. The number of hydrogen-bond acceptors (Lipinski definition) is 6. The number of methoxy groups -OCH3 is 1. The summed E-state index contributed by atoms with van der Waals surface area (Å²) in [5.74, 6) is 1.24. The fraction of sp³-hybridized carbons (Fsp3) is 0.375. The normalized spacial score (nSPS) is 14.4. The molecule has 1 fully saturated rings. The van der Waals surface area contributed by atoms with Gasteiger partial charge in [-0.15, -0.1) is 0 Å². The van der Waals surface area contributed by atoms with E-state index in [1.807, 2.05) is 12.1 Å². The first kappa shape index (κ1) is 16.0. The molecular formula is C16H20N6O2. The third-order valence-corrected chi connectivity index (χ3v) is 3.88. The average molecular weight is 328 g/mol. The summed E-state index contributed by atoms with van der Waals surface area (Å²) < 4.78 is 5.19. The van der Waals surface area contributed by atoms with Gasteiger partial charge in [-0.3, -0.25) is 0 Å². The second kappa shape index (κ2) is 7.58. The highest BCUT2D eigenvalue weighted by atomic mass is 16.5. The summed E-state index contributed by atoms with van der Waals surface area (Å²) >= 11 is 0. The number of anilines is 1. The molecular weight excluding hydrogens is 308 g/mol. The Morgan fingerprint density at radius 3 is 2.54 bits per heavy atom. The van der Waals surface area contributed by atoms with Gasteiger partial charge in [0.25, 0.3) is 0 Å². The minimum Gasteiger partial charge on any atom is -0.481 e. The third-order valence-electron chi connectivity index (χ3n) is 3.88. The van der Waals surface area contributed by atoms with Crippen LogP contribution >= 0.6 is 0 Å². The minimum atomic E-state index is -0.0884. The van der Waals surface area contributed by atoms with Gasteiger partial charge in [-0.05, 0) is 12.1 Å². The van der Waals surface area contributed by atoms with Gasteiger partial charge in [-0.25, -0.2) is 19.7 Å². The number of carbonyl (C=O) groups excluding carboxylic acids is 1. The summed E-state index contributed by atoms with van der Waals surface area (Å²) in [6.45, 7) is 3.08. The molecule has 0 bridgehead atoms. The summed E-state index contributed by atoms with van der Waals surface area (Å²) in [5.41, 5.74) is 0.852. The van der Waals surface area contributed by atoms with E-state index in [1.165, 1.54) is 0 Å². The van der Waals surface area contributed by atoms with Gasteiger partial charge < -0.3 is 19.9 Å². The Morgan fingerprint density at radius 1 is 1.12 bits per heavy atom. The zero-order valence-electron chi connectivity index (χ0n) is 13.6. The second-order valence-corrected chi connectivity index (χ2v) is 5.35. The van der Waals surface area contributed by atoms with E-state index in [0.717, 1.165) is 5.56 Å². The third kappa shape index (κ3) is 3.70. The highest BCUT2D eigenvalue weighted by Crippen LogP contribution is 2.13. The van der Waals surface area contributed by atoms with Crippen LogP contribution in [0.2, 0.25) is 0 Å². The smallest absolute Gasteiger partial charge is 0.317 e. The van der Waals surface area contributed by atoms with Gasteiger partial charge in [-0.1, -0.05) is 6.07 Å². The van der Waals surface area contributed by atoms with E-state index in [4.69, 9.17) is 4.74 Å². The van der Waals surface area contributed by atoms with E-state index in [1.54, 1.807) is 36.7 Å². The number of aromatic nitrogens is 3. The Hall–Kier alpha value is -2.90. The largest absolute Gasteiger partial charge is 0.481 e. The first-order valence-corrected chi connectivity index (χ1v) is 7.80. The van der Waals surface area contributed by atoms with Crippen LogP contribution in [0.25, 0.3) is 0 Å². The number of carbonyl (C=O) groups is 1. The number of amides is 2. The number of nitrogens with one attached hydrogen (secondary N) is 1. The van der Waals surface area contributed by atoms with E-state index in [9.17, 15) is 4.79 Å². The summed E-state index contributed by atoms with van der Waals surface area (Å²) in [7, 11) is 1.57. The lowest BCUT2D eigenvalue weighted by atomic mass is 10.2. The molecule has 24 heavy (non-hydrogen) atoms. The van der Waals surface area contributed by atoms with E-state index in [-0.39, 0.29) is 6.03 Å². The maximum Gasteiger partial charge on any atom is 0.317 e. The molecule has 2 amide bonds. The van der Waals surface area contributed by atoms with Gasteiger partial charge in [0.1, 0.15) is 0 Å². The molecule has 0 aromatic carbocycles. The van der Waals surface area contributed by atoms with Crippen molar-refractivity contribution in [3.63, 3.8) is 0 Å². The molecule has 0 unspecified atom stereocenters. The Balaban J connectivity index is 1.50. The molecule has 1 N–H and O–H groups in total. The van der Waals surface area contributed by atoms with Crippen molar-refractivity contribution in [1.29, 1.82) is 0 Å². The topological polar surface area (TPSA) is 83.5 Å². The van der Waals surface area contributed by atoms with Crippen LogP contribution in [-0.4, -0.2) is 59.2 Å². The van der Waals surface area contributed by atoms with Crippen molar-refractivity contribution in [3.8, 4) is 5.88 Å². The van der Waals surface area contributed by atoms with Crippen molar-refractivity contribution in [3.05, 3.63) is 42.4 Å². The van der Waals surface area contributed by atoms with Crippen LogP contribution < -0.4 is 15.0 Å². The maximum absolute atomic E-state index is 12.3.